The highest BCUT2D eigenvalue weighted by atomic mass is 79.9. The Hall–Kier alpha value is -0.0400. The molecule has 0 saturated heterocycles. The third-order valence-electron chi connectivity index (χ3n) is 3.08. The molecule has 0 nitrogen and oxygen atoms in total. The molecule has 0 bridgehead atoms. The fourth-order valence-corrected chi connectivity index (χ4v) is 2.29. The van der Waals surface area contributed by atoms with Gasteiger partial charge in [-0.25, -0.2) is 0 Å². The third kappa shape index (κ3) is 32.1. The molecule has 0 fully saturated rings. The minimum absolute atomic E-state index is 1.12. The van der Waals surface area contributed by atoms with Crippen molar-refractivity contribution < 1.29 is 0 Å². The van der Waals surface area contributed by atoms with Crippen LogP contribution < -0.4 is 0 Å². The molecule has 0 heterocycles. The van der Waals surface area contributed by atoms with Crippen molar-refractivity contribution in [3.8, 4) is 0 Å². The second-order valence-electron chi connectivity index (χ2n) is 4.92. The summed E-state index contributed by atoms with van der Waals surface area (Å²) < 4.78 is 0. The van der Waals surface area contributed by atoms with Crippen LogP contribution in [0.5, 0.6) is 0 Å². The molecule has 0 rings (SSSR count). The molecule has 0 saturated carbocycles. The number of hydrogen-bond acceptors (Lipinski definition) is 0. The minimum atomic E-state index is 1.12. The van der Waals surface area contributed by atoms with Crippen molar-refractivity contribution in [2.75, 3.05) is 5.33 Å². The van der Waals surface area contributed by atoms with Crippen LogP contribution in [-0.4, -0.2) is 5.33 Å². The lowest BCUT2D eigenvalue weighted by atomic mass is 10.1. The quantitative estimate of drug-likeness (QED) is 0.171. The maximum atomic E-state index is 3.47. The van der Waals surface area contributed by atoms with Crippen molar-refractivity contribution in [1.29, 1.82) is 0 Å². The van der Waals surface area contributed by atoms with Crippen LogP contribution in [0.3, 0.4) is 0 Å². The van der Waals surface area contributed by atoms with Gasteiger partial charge in [-0.15, -0.1) is 0 Å². The van der Waals surface area contributed by atoms with E-state index in [1.165, 1.54) is 69.5 Å². The van der Waals surface area contributed by atoms with Crippen LogP contribution in [0.15, 0.2) is 24.3 Å². The summed E-state index contributed by atoms with van der Waals surface area (Å²) in [5, 5.41) is 1.17. The maximum Gasteiger partial charge on any atom is 0.00313 e. The van der Waals surface area contributed by atoms with Crippen molar-refractivity contribution in [3.63, 3.8) is 0 Å². The van der Waals surface area contributed by atoms with Gasteiger partial charge < -0.3 is 0 Å². The number of alkyl halides is 1. The van der Waals surface area contributed by atoms with Crippen LogP contribution in [0.25, 0.3) is 0 Å². The summed E-state index contributed by atoms with van der Waals surface area (Å²) >= 11 is 3.47. The molecule has 0 aromatic carbocycles. The van der Waals surface area contributed by atoms with E-state index in [0.717, 1.165) is 6.42 Å². The van der Waals surface area contributed by atoms with Crippen LogP contribution >= 0.6 is 15.9 Å². The summed E-state index contributed by atoms with van der Waals surface area (Å²) in [7, 11) is 0. The van der Waals surface area contributed by atoms with Gasteiger partial charge in [0.15, 0.2) is 0 Å². The fraction of sp³-hybridized carbons (Fsp3) is 0.810. The number of rotatable bonds is 13. The normalized spacial score (nSPS) is 10.3. The summed E-state index contributed by atoms with van der Waals surface area (Å²) in [6, 6.07) is 0. The molecule has 0 aromatic rings. The average molecular weight is 375 g/mol. The summed E-state index contributed by atoms with van der Waals surface area (Å²) in [5.41, 5.74) is 0. The standard InChI is InChI=1S/C17H31Br.2C2H6/c1-2-3-4-5-6-7-8-9-10-11-12-13-14-15-16-17-18;2*1-2/h5-6,8-9H,2-4,7,10-17H2,1H3;2*1-2H3/b6-5-,9-8-;;. The Labute approximate surface area is 151 Å². The predicted molar refractivity (Wildman–Crippen MR) is 111 cm³/mol. The Morgan fingerprint density at radius 2 is 1.05 bits per heavy atom. The Morgan fingerprint density at radius 1 is 0.591 bits per heavy atom. The lowest BCUT2D eigenvalue weighted by Gasteiger charge is -1.98. The fourth-order valence-electron chi connectivity index (χ4n) is 1.89. The van der Waals surface area contributed by atoms with Gasteiger partial charge in [0.05, 0.1) is 0 Å². The molecular formula is C21H43Br. The zero-order valence-corrected chi connectivity index (χ0v) is 17.8. The highest BCUT2D eigenvalue weighted by Gasteiger charge is 1.89. The van der Waals surface area contributed by atoms with Gasteiger partial charge in [-0.05, 0) is 32.1 Å². The van der Waals surface area contributed by atoms with E-state index in [1.807, 2.05) is 27.7 Å². The second kappa shape index (κ2) is 32.8. The topological polar surface area (TPSA) is 0 Å². The van der Waals surface area contributed by atoms with Crippen molar-refractivity contribution in [2.45, 2.75) is 105 Å². The first-order valence-electron chi connectivity index (χ1n) is 9.77. The molecular weight excluding hydrogens is 332 g/mol. The molecule has 22 heavy (non-hydrogen) atoms. The Balaban J connectivity index is -0.000000826. The van der Waals surface area contributed by atoms with Crippen LogP contribution in [0, 0.1) is 0 Å². The smallest absolute Gasteiger partial charge is 0.00313 e. The molecule has 0 aliphatic carbocycles. The average Bonchev–Trinajstić information content (AvgIpc) is 2.59. The van der Waals surface area contributed by atoms with E-state index in [1.54, 1.807) is 0 Å². The van der Waals surface area contributed by atoms with Gasteiger partial charge in [0.1, 0.15) is 0 Å². The Morgan fingerprint density at radius 3 is 1.55 bits per heavy atom. The molecule has 0 aromatic heterocycles. The summed E-state index contributed by atoms with van der Waals surface area (Å²) in [6.45, 7) is 10.2. The lowest BCUT2D eigenvalue weighted by Crippen LogP contribution is -1.80. The lowest BCUT2D eigenvalue weighted by molar-refractivity contribution is 0.613. The van der Waals surface area contributed by atoms with Crippen LogP contribution in [0.2, 0.25) is 0 Å². The van der Waals surface area contributed by atoms with E-state index in [4.69, 9.17) is 0 Å². The van der Waals surface area contributed by atoms with Crippen LogP contribution in [0.1, 0.15) is 105 Å². The van der Waals surface area contributed by atoms with Gasteiger partial charge >= 0.3 is 0 Å². The van der Waals surface area contributed by atoms with E-state index < -0.39 is 0 Å². The van der Waals surface area contributed by atoms with E-state index in [2.05, 4.69) is 47.2 Å². The summed E-state index contributed by atoms with van der Waals surface area (Å²) in [4.78, 5) is 0. The number of hydrogen-bond donors (Lipinski definition) is 0. The van der Waals surface area contributed by atoms with Gasteiger partial charge in [-0.1, -0.05) is 113 Å². The van der Waals surface area contributed by atoms with Crippen LogP contribution in [-0.2, 0) is 0 Å². The minimum Gasteiger partial charge on any atom is -0.0928 e. The van der Waals surface area contributed by atoms with Crippen molar-refractivity contribution in [1.82, 2.24) is 0 Å². The second-order valence-corrected chi connectivity index (χ2v) is 5.71. The molecule has 1 heteroatoms. The third-order valence-corrected chi connectivity index (χ3v) is 3.64. The van der Waals surface area contributed by atoms with Gasteiger partial charge in [-0.3, -0.25) is 0 Å². The Kier molecular flexibility index (Phi) is 40.0. The van der Waals surface area contributed by atoms with Crippen molar-refractivity contribution >= 4 is 15.9 Å². The molecule has 0 unspecified atom stereocenters. The van der Waals surface area contributed by atoms with Gasteiger partial charge in [0, 0.05) is 5.33 Å². The number of halogens is 1. The van der Waals surface area contributed by atoms with Gasteiger partial charge in [-0.2, -0.15) is 0 Å². The molecule has 0 spiro atoms. The first kappa shape index (κ1) is 26.8. The van der Waals surface area contributed by atoms with Crippen LogP contribution in [0.4, 0.5) is 0 Å². The van der Waals surface area contributed by atoms with E-state index >= 15 is 0 Å². The first-order valence-corrected chi connectivity index (χ1v) is 10.9. The van der Waals surface area contributed by atoms with Gasteiger partial charge in [0.25, 0.3) is 0 Å². The Bertz CT molecular complexity index is 194. The molecule has 0 aliphatic rings. The summed E-state index contributed by atoms with van der Waals surface area (Å²) in [6.07, 6.45) is 23.9. The predicted octanol–water partition coefficient (Wildman–Crippen LogP) is 8.86. The zero-order valence-electron chi connectivity index (χ0n) is 16.2. The van der Waals surface area contributed by atoms with Crippen molar-refractivity contribution in [3.05, 3.63) is 24.3 Å². The van der Waals surface area contributed by atoms with E-state index in [9.17, 15) is 0 Å². The maximum absolute atomic E-state index is 3.47. The van der Waals surface area contributed by atoms with E-state index in [-0.39, 0.29) is 0 Å². The summed E-state index contributed by atoms with van der Waals surface area (Å²) in [5.74, 6) is 0. The highest BCUT2D eigenvalue weighted by molar-refractivity contribution is 9.09. The van der Waals surface area contributed by atoms with E-state index in [0.29, 0.717) is 0 Å². The molecule has 134 valence electrons. The molecule has 0 amide bonds. The monoisotopic (exact) mass is 374 g/mol. The molecule has 0 atom stereocenters. The largest absolute Gasteiger partial charge is 0.0928 e. The molecule has 0 aliphatic heterocycles. The van der Waals surface area contributed by atoms with Crippen molar-refractivity contribution in [2.24, 2.45) is 0 Å². The molecule has 0 radical (unpaired) electrons. The van der Waals surface area contributed by atoms with Gasteiger partial charge in [0.2, 0.25) is 0 Å². The number of unbranched alkanes of at least 4 members (excludes halogenated alkanes) is 8. The highest BCUT2D eigenvalue weighted by Crippen LogP contribution is 2.08. The number of allylic oxidation sites excluding steroid dienone is 4. The molecule has 0 N–H and O–H groups in total. The first-order chi connectivity index (χ1) is 10.9. The zero-order chi connectivity index (χ0) is 17.3. The SMILES string of the molecule is CC.CC.CCCC/C=C\C/C=C\CCCCCCCCBr.